The molecule has 0 amide bonds. The molecule has 1 saturated carbocycles. The summed E-state index contributed by atoms with van der Waals surface area (Å²) in [6.45, 7) is 1.54. The van der Waals surface area contributed by atoms with E-state index in [0.717, 1.165) is 0 Å². The lowest BCUT2D eigenvalue weighted by atomic mass is 9.61. The van der Waals surface area contributed by atoms with Crippen molar-refractivity contribution in [2.75, 3.05) is 0 Å². The molecule has 0 radical (unpaired) electrons. The van der Waals surface area contributed by atoms with Gasteiger partial charge < -0.3 is 30.7 Å². The first-order valence-corrected chi connectivity index (χ1v) is 6.24. The zero-order valence-corrected chi connectivity index (χ0v) is 10.2. The van der Waals surface area contributed by atoms with E-state index < -0.39 is 41.6 Å². The number of carbonyl (C=O) groups is 1. The number of aliphatic imine (C=N–C) groups is 1. The van der Waals surface area contributed by atoms with Crippen LogP contribution in [-0.4, -0.2) is 57.8 Å². The minimum absolute atomic E-state index is 0.137. The molecule has 0 aromatic carbocycles. The number of carbonyl (C=O) groups excluding carboxylic acids is 1. The van der Waals surface area contributed by atoms with E-state index in [9.17, 15) is 15.0 Å². The van der Waals surface area contributed by atoms with E-state index in [1.807, 2.05) is 0 Å². The first-order valence-electron chi connectivity index (χ1n) is 6.24. The number of guanidine groups is 1. The number of fused-ring (bicyclic) bond motifs is 1. The summed E-state index contributed by atoms with van der Waals surface area (Å²) in [6, 6.07) is 0. The van der Waals surface area contributed by atoms with Crippen molar-refractivity contribution in [3.8, 4) is 0 Å². The van der Waals surface area contributed by atoms with E-state index in [-0.39, 0.29) is 11.9 Å². The van der Waals surface area contributed by atoms with Gasteiger partial charge in [-0.2, -0.15) is 0 Å². The molecule has 0 aromatic heterocycles. The molecule has 3 bridgehead atoms. The van der Waals surface area contributed by atoms with Crippen LogP contribution in [0.2, 0.25) is 0 Å². The van der Waals surface area contributed by atoms with Crippen molar-refractivity contribution in [3.63, 3.8) is 0 Å². The second kappa shape index (κ2) is 3.02. The summed E-state index contributed by atoms with van der Waals surface area (Å²) in [5.41, 5.74) is 3.34. The van der Waals surface area contributed by atoms with Crippen molar-refractivity contribution >= 4 is 11.9 Å². The van der Waals surface area contributed by atoms with Gasteiger partial charge in [0.05, 0.1) is 0 Å². The summed E-state index contributed by atoms with van der Waals surface area (Å²) in [6.07, 6.45) is -3.36. The Morgan fingerprint density at radius 1 is 1.58 bits per heavy atom. The standard InChI is InChI=1S/C11H15N3O5/c1-10(17)2-3-7-13-9(12)14-11(3)4(15)5(10)19-8(16)6(11)18-7/h3-7,15,17H,2H2,1H3,(H3,12,13,14)/t3-,4+,5+,6+,7+,10+,11-/m1/s1. The number of aliphatic hydroxyl groups excluding tert-OH is 1. The highest BCUT2D eigenvalue weighted by Gasteiger charge is 2.75. The molecule has 19 heavy (non-hydrogen) atoms. The zero-order chi connectivity index (χ0) is 13.6. The summed E-state index contributed by atoms with van der Waals surface area (Å²) < 4.78 is 10.7. The normalized spacial score (nSPS) is 58.2. The monoisotopic (exact) mass is 269 g/mol. The largest absolute Gasteiger partial charge is 0.454 e. The van der Waals surface area contributed by atoms with E-state index in [0.29, 0.717) is 6.42 Å². The van der Waals surface area contributed by atoms with Crippen molar-refractivity contribution < 1.29 is 24.5 Å². The van der Waals surface area contributed by atoms with Crippen LogP contribution in [0, 0.1) is 5.92 Å². The summed E-state index contributed by atoms with van der Waals surface area (Å²) in [7, 11) is 0. The number of nitrogens with one attached hydrogen (secondary N) is 1. The van der Waals surface area contributed by atoms with Gasteiger partial charge in [0.1, 0.15) is 17.2 Å². The average molecular weight is 269 g/mol. The summed E-state index contributed by atoms with van der Waals surface area (Å²) in [5.74, 6) is -0.781. The van der Waals surface area contributed by atoms with Gasteiger partial charge in [0, 0.05) is 5.92 Å². The van der Waals surface area contributed by atoms with Crippen LogP contribution in [0.25, 0.3) is 0 Å². The van der Waals surface area contributed by atoms with Crippen LogP contribution in [0.5, 0.6) is 0 Å². The second-order valence-electron chi connectivity index (χ2n) is 5.95. The molecule has 3 heterocycles. The third-order valence-electron chi connectivity index (χ3n) is 4.76. The van der Waals surface area contributed by atoms with E-state index in [4.69, 9.17) is 15.2 Å². The Morgan fingerprint density at radius 2 is 2.32 bits per heavy atom. The van der Waals surface area contributed by atoms with Crippen LogP contribution in [0.4, 0.5) is 0 Å². The van der Waals surface area contributed by atoms with Crippen LogP contribution in [-0.2, 0) is 14.3 Å². The number of hydrogen-bond donors (Lipinski definition) is 4. The molecule has 5 N–H and O–H groups in total. The molecule has 1 aliphatic carbocycles. The molecule has 104 valence electrons. The summed E-state index contributed by atoms with van der Waals surface area (Å²) >= 11 is 0. The summed E-state index contributed by atoms with van der Waals surface area (Å²) in [5, 5.41) is 23.9. The topological polar surface area (TPSA) is 126 Å². The Kier molecular flexibility index (Phi) is 1.82. The van der Waals surface area contributed by atoms with Crippen LogP contribution in [0.3, 0.4) is 0 Å². The Bertz CT molecular complexity index is 507. The van der Waals surface area contributed by atoms with Crippen molar-refractivity contribution in [1.29, 1.82) is 0 Å². The molecule has 7 atom stereocenters. The van der Waals surface area contributed by atoms with Gasteiger partial charge in [0.15, 0.2) is 24.4 Å². The number of ether oxygens (including phenoxy) is 2. The molecule has 4 rings (SSSR count). The van der Waals surface area contributed by atoms with Crippen molar-refractivity contribution in [2.24, 2.45) is 16.6 Å². The molecular weight excluding hydrogens is 254 g/mol. The fourth-order valence-corrected chi connectivity index (χ4v) is 3.95. The van der Waals surface area contributed by atoms with Gasteiger partial charge in [-0.1, -0.05) is 0 Å². The number of rotatable bonds is 0. The van der Waals surface area contributed by atoms with Crippen LogP contribution < -0.4 is 11.1 Å². The first kappa shape index (κ1) is 11.4. The summed E-state index contributed by atoms with van der Waals surface area (Å²) in [4.78, 5) is 16.1. The minimum Gasteiger partial charge on any atom is -0.454 e. The average Bonchev–Trinajstić information content (AvgIpc) is 2.53. The highest BCUT2D eigenvalue weighted by atomic mass is 16.6. The number of aliphatic hydroxyl groups is 2. The Morgan fingerprint density at radius 3 is 3.05 bits per heavy atom. The SMILES string of the molecule is C[C@]1(O)C[C@@H]2[C@H]3N=C(N)N[C@]24[C@@H](O3)C(=O)O[C@H]1[C@@H]4O. The Balaban J connectivity index is 1.92. The maximum Gasteiger partial charge on any atom is 0.338 e. The molecule has 3 fully saturated rings. The number of hydrogen-bond acceptors (Lipinski definition) is 8. The van der Waals surface area contributed by atoms with E-state index in [2.05, 4.69) is 10.3 Å². The van der Waals surface area contributed by atoms with E-state index in [1.165, 1.54) is 0 Å². The molecule has 0 aromatic rings. The van der Waals surface area contributed by atoms with E-state index >= 15 is 0 Å². The molecule has 8 nitrogen and oxygen atoms in total. The van der Waals surface area contributed by atoms with Crippen LogP contribution >= 0.6 is 0 Å². The van der Waals surface area contributed by atoms with Gasteiger partial charge in [0.25, 0.3) is 0 Å². The maximum atomic E-state index is 12.0. The minimum atomic E-state index is -1.32. The third kappa shape index (κ3) is 1.11. The molecule has 4 aliphatic rings. The highest BCUT2D eigenvalue weighted by Crippen LogP contribution is 2.54. The first-order chi connectivity index (χ1) is 8.86. The van der Waals surface area contributed by atoms with Gasteiger partial charge in [-0.25, -0.2) is 9.79 Å². The van der Waals surface area contributed by atoms with Gasteiger partial charge in [-0.15, -0.1) is 0 Å². The molecule has 0 unspecified atom stereocenters. The fraction of sp³-hybridized carbons (Fsp3) is 0.818. The van der Waals surface area contributed by atoms with Crippen LogP contribution in [0.1, 0.15) is 13.3 Å². The lowest BCUT2D eigenvalue weighted by Gasteiger charge is -2.56. The molecule has 1 spiro atoms. The van der Waals surface area contributed by atoms with Crippen LogP contribution in [0.15, 0.2) is 4.99 Å². The highest BCUT2D eigenvalue weighted by molar-refractivity contribution is 5.86. The van der Waals surface area contributed by atoms with Crippen molar-refractivity contribution in [3.05, 3.63) is 0 Å². The Hall–Kier alpha value is -1.38. The van der Waals surface area contributed by atoms with Gasteiger partial charge >= 0.3 is 5.97 Å². The molecule has 8 heteroatoms. The third-order valence-corrected chi connectivity index (χ3v) is 4.76. The smallest absolute Gasteiger partial charge is 0.338 e. The lowest BCUT2D eigenvalue weighted by molar-refractivity contribution is -0.238. The quantitative estimate of drug-likeness (QED) is 0.356. The Labute approximate surface area is 108 Å². The van der Waals surface area contributed by atoms with Gasteiger partial charge in [0.2, 0.25) is 0 Å². The predicted molar refractivity (Wildman–Crippen MR) is 60.8 cm³/mol. The number of esters is 1. The van der Waals surface area contributed by atoms with E-state index in [1.54, 1.807) is 6.92 Å². The molecule has 3 aliphatic heterocycles. The molecular formula is C11H15N3O5. The van der Waals surface area contributed by atoms with Crippen molar-refractivity contribution in [2.45, 2.75) is 49.0 Å². The predicted octanol–water partition coefficient (Wildman–Crippen LogP) is -2.57. The van der Waals surface area contributed by atoms with Crippen molar-refractivity contribution in [1.82, 2.24) is 5.32 Å². The lowest BCUT2D eigenvalue weighted by Crippen LogP contribution is -2.80. The fourth-order valence-electron chi connectivity index (χ4n) is 3.95. The van der Waals surface area contributed by atoms with Gasteiger partial charge in [-0.3, -0.25) is 0 Å². The number of nitrogens with zero attached hydrogens (tertiary/aromatic N) is 1. The van der Waals surface area contributed by atoms with Gasteiger partial charge in [-0.05, 0) is 13.3 Å². The maximum absolute atomic E-state index is 12.0. The second-order valence-corrected chi connectivity index (χ2v) is 5.95. The molecule has 2 saturated heterocycles. The number of nitrogens with two attached hydrogens (primary N) is 1. The zero-order valence-electron chi connectivity index (χ0n) is 10.2.